The molecule has 3 atom stereocenters. The molecule has 0 rings (SSSR count). The highest BCUT2D eigenvalue weighted by Crippen LogP contribution is 2.43. The number of rotatable bonds is 33. The fourth-order valence-corrected chi connectivity index (χ4v) is 5.46. The number of nitrogens with zero attached hydrogens (tertiary/aromatic N) is 1. The van der Waals surface area contributed by atoms with E-state index in [0.29, 0.717) is 30.3 Å². The van der Waals surface area contributed by atoms with Crippen LogP contribution < -0.4 is 0 Å². The monoisotopic (exact) mass is 684 g/mol. The molecule has 0 aromatic heterocycles. The largest absolute Gasteiger partial charge is 0.472 e. The Morgan fingerprint density at radius 1 is 0.696 bits per heavy atom. The topological polar surface area (TPSA) is 158 Å². The summed E-state index contributed by atoms with van der Waals surface area (Å²) in [6.45, 7) is 1.99. The van der Waals surface area contributed by atoms with Crippen molar-refractivity contribution < 1.29 is 57.3 Å². The summed E-state index contributed by atoms with van der Waals surface area (Å²) in [5, 5.41) is 17.5. The molecule has 0 aromatic carbocycles. The fourth-order valence-electron chi connectivity index (χ4n) is 4.72. The predicted octanol–water partition coefficient (Wildman–Crippen LogP) is 7.30. The van der Waals surface area contributed by atoms with E-state index in [1.807, 2.05) is 21.1 Å². The van der Waals surface area contributed by atoms with Gasteiger partial charge in [-0.15, -0.1) is 0 Å². The molecule has 0 saturated heterocycles. The Morgan fingerprint density at radius 2 is 1.17 bits per heavy atom. The predicted molar refractivity (Wildman–Crippen MR) is 178 cm³/mol. The van der Waals surface area contributed by atoms with Crippen LogP contribution in [0.15, 0.2) is 0 Å². The lowest BCUT2D eigenvalue weighted by Gasteiger charge is -2.24. The molecule has 0 aliphatic heterocycles. The lowest BCUT2D eigenvalue weighted by molar-refractivity contribution is -0.870. The second-order valence-electron chi connectivity index (χ2n) is 13.3. The number of hydrogen-bond donors (Lipinski definition) is 3. The van der Waals surface area contributed by atoms with E-state index in [4.69, 9.17) is 23.8 Å². The summed E-state index contributed by atoms with van der Waals surface area (Å²) in [7, 11) is 1.37. The molecule has 13 heteroatoms. The van der Waals surface area contributed by atoms with Gasteiger partial charge in [-0.2, -0.15) is 0 Å². The van der Waals surface area contributed by atoms with Crippen molar-refractivity contribution in [2.24, 2.45) is 0 Å². The number of carbonyl (C=O) groups excluding carboxylic acids is 2. The molecule has 3 N–H and O–H groups in total. The molecule has 0 spiro atoms. The smallest absolute Gasteiger partial charge is 0.462 e. The summed E-state index contributed by atoms with van der Waals surface area (Å²) in [5.74, 6) is -0.934. The van der Waals surface area contributed by atoms with Crippen molar-refractivity contribution in [3.63, 3.8) is 0 Å². The zero-order valence-corrected chi connectivity index (χ0v) is 30.2. The number of carbonyl (C=O) groups is 2. The Morgan fingerprint density at radius 3 is 1.67 bits per heavy atom. The number of quaternary nitrogens is 1. The highest BCUT2D eigenvalue weighted by atomic mass is 31.2. The minimum atomic E-state index is -4.40. The number of likely N-dealkylation sites (N-methyl/N-ethyl adjacent to an activating group) is 1. The molecule has 0 fully saturated rings. The van der Waals surface area contributed by atoms with Crippen LogP contribution in [0, 0.1) is 0 Å². The molecular formula is C33H67NO11P+. The third kappa shape index (κ3) is 31.5. The molecular weight excluding hydrogens is 617 g/mol. The number of ether oxygens (including phenoxy) is 2. The Labute approximate surface area is 278 Å². The van der Waals surface area contributed by atoms with Gasteiger partial charge in [-0.05, 0) is 19.3 Å². The molecule has 12 nitrogen and oxygen atoms in total. The quantitative estimate of drug-likeness (QED) is 0.0121. The van der Waals surface area contributed by atoms with Gasteiger partial charge in [0.25, 0.3) is 0 Å². The van der Waals surface area contributed by atoms with Crippen LogP contribution in [0.1, 0.15) is 142 Å². The lowest BCUT2D eigenvalue weighted by atomic mass is 10.0. The van der Waals surface area contributed by atoms with Crippen LogP contribution in [0.25, 0.3) is 0 Å². The average Bonchev–Trinajstić information content (AvgIpc) is 2.99. The van der Waals surface area contributed by atoms with Gasteiger partial charge in [0, 0.05) is 19.3 Å². The molecule has 0 aromatic rings. The van der Waals surface area contributed by atoms with E-state index in [2.05, 4.69) is 11.8 Å². The minimum Gasteiger partial charge on any atom is -0.462 e. The first-order valence-corrected chi connectivity index (χ1v) is 19.1. The number of unbranched alkanes of at least 4 members (excludes halogenated alkanes) is 16. The summed E-state index contributed by atoms with van der Waals surface area (Å²) in [6.07, 6.45) is 17.8. The van der Waals surface area contributed by atoms with Crippen LogP contribution in [-0.2, 0) is 37.6 Å². The molecule has 0 amide bonds. The Balaban J connectivity index is 4.43. The molecule has 0 radical (unpaired) electrons. The average molecular weight is 685 g/mol. The molecule has 2 unspecified atom stereocenters. The number of hydrogen-bond acceptors (Lipinski definition) is 10. The summed E-state index contributed by atoms with van der Waals surface area (Å²) in [5.41, 5.74) is 0. The molecule has 46 heavy (non-hydrogen) atoms. The summed E-state index contributed by atoms with van der Waals surface area (Å²) in [6, 6.07) is 0. The number of aliphatic hydroxyl groups excluding tert-OH is 1. The van der Waals surface area contributed by atoms with E-state index in [-0.39, 0.29) is 26.1 Å². The first kappa shape index (κ1) is 44.9. The first-order valence-electron chi connectivity index (χ1n) is 17.6. The van der Waals surface area contributed by atoms with E-state index in [9.17, 15) is 24.2 Å². The van der Waals surface area contributed by atoms with E-state index < -0.39 is 38.8 Å². The summed E-state index contributed by atoms with van der Waals surface area (Å²) in [4.78, 5) is 38.7. The van der Waals surface area contributed by atoms with Crippen molar-refractivity contribution in [1.29, 1.82) is 0 Å². The zero-order chi connectivity index (χ0) is 34.5. The highest BCUT2D eigenvalue weighted by Gasteiger charge is 2.27. The molecule has 0 aliphatic rings. The molecule has 0 heterocycles. The van der Waals surface area contributed by atoms with E-state index in [1.165, 1.54) is 64.2 Å². The van der Waals surface area contributed by atoms with Crippen LogP contribution in [-0.4, -0.2) is 91.6 Å². The Kier molecular flexibility index (Phi) is 28.2. The normalized spacial score (nSPS) is 14.5. The molecule has 0 aliphatic carbocycles. The Bertz CT molecular complexity index is 794. The van der Waals surface area contributed by atoms with Crippen molar-refractivity contribution >= 4 is 19.8 Å². The maximum absolute atomic E-state index is 12.5. The van der Waals surface area contributed by atoms with Gasteiger partial charge < -0.3 is 24.0 Å². The lowest BCUT2D eigenvalue weighted by Crippen LogP contribution is -2.37. The third-order valence-corrected chi connectivity index (χ3v) is 8.59. The van der Waals surface area contributed by atoms with Crippen LogP contribution in [0.3, 0.4) is 0 Å². The maximum atomic E-state index is 12.5. The van der Waals surface area contributed by atoms with E-state index in [0.717, 1.165) is 38.5 Å². The minimum absolute atomic E-state index is 0.00181. The Hall–Kier alpha value is -1.11. The van der Waals surface area contributed by atoms with Gasteiger partial charge in [-0.3, -0.25) is 18.6 Å². The van der Waals surface area contributed by atoms with E-state index in [1.54, 1.807) is 0 Å². The van der Waals surface area contributed by atoms with Crippen molar-refractivity contribution in [2.75, 3.05) is 47.5 Å². The van der Waals surface area contributed by atoms with Gasteiger partial charge >= 0.3 is 19.8 Å². The van der Waals surface area contributed by atoms with Crippen molar-refractivity contribution in [3.8, 4) is 0 Å². The van der Waals surface area contributed by atoms with Crippen molar-refractivity contribution in [3.05, 3.63) is 0 Å². The van der Waals surface area contributed by atoms with Gasteiger partial charge in [0.1, 0.15) is 19.8 Å². The maximum Gasteiger partial charge on any atom is 0.472 e. The van der Waals surface area contributed by atoms with Crippen LogP contribution in [0.2, 0.25) is 0 Å². The zero-order valence-electron chi connectivity index (χ0n) is 29.3. The SMILES string of the molecule is CCCCCCCCCCCCCCCC(=O)OC[C@H](COP(=O)(O)OCC[N+](C)(C)C)OC(=O)CCCCCCCC(O)OO. The van der Waals surface area contributed by atoms with Gasteiger partial charge in [0.15, 0.2) is 12.4 Å². The third-order valence-electron chi connectivity index (χ3n) is 7.61. The highest BCUT2D eigenvalue weighted by molar-refractivity contribution is 7.47. The van der Waals surface area contributed by atoms with Crippen LogP contribution in [0.5, 0.6) is 0 Å². The summed E-state index contributed by atoms with van der Waals surface area (Å²) < 4.78 is 33.8. The van der Waals surface area contributed by atoms with Gasteiger partial charge in [0.05, 0.1) is 27.7 Å². The number of esters is 2. The summed E-state index contributed by atoms with van der Waals surface area (Å²) >= 11 is 0. The van der Waals surface area contributed by atoms with E-state index >= 15 is 0 Å². The van der Waals surface area contributed by atoms with Crippen LogP contribution >= 0.6 is 7.82 Å². The molecule has 0 bridgehead atoms. The van der Waals surface area contributed by atoms with Gasteiger partial charge in [0.2, 0.25) is 0 Å². The van der Waals surface area contributed by atoms with Crippen molar-refractivity contribution in [1.82, 2.24) is 0 Å². The van der Waals surface area contributed by atoms with Gasteiger partial charge in [-0.25, -0.2) is 14.7 Å². The first-order chi connectivity index (χ1) is 21.9. The number of phosphoric ester groups is 1. The molecule has 274 valence electrons. The van der Waals surface area contributed by atoms with Crippen molar-refractivity contribution in [2.45, 2.75) is 154 Å². The number of aliphatic hydroxyl groups is 1. The standard InChI is InChI=1S/C33H66NO11P/c1-5-6-7-8-9-10-11-12-13-14-15-17-20-23-31(35)41-28-30(29-43-46(39,40)42-27-26-34(2,3)4)44-32(36)24-21-18-16-19-22-25-33(37)45-38/h30,33,37H,5-29H2,1-4H3,(H-,38,39,40)/p+1/t30-,33?/m1/s1. The fraction of sp³-hybridized carbons (Fsp3) is 0.939. The van der Waals surface area contributed by atoms with Gasteiger partial charge in [-0.1, -0.05) is 103 Å². The van der Waals surface area contributed by atoms with Crippen LogP contribution in [0.4, 0.5) is 0 Å². The molecule has 0 saturated carbocycles. The second-order valence-corrected chi connectivity index (χ2v) is 14.7. The second kappa shape index (κ2) is 28.9. The number of phosphoric acid groups is 1.